The molecule has 0 aliphatic carbocycles. The molecule has 0 saturated heterocycles. The molecule has 1 unspecified atom stereocenters. The molecule has 0 aromatic carbocycles. The van der Waals surface area contributed by atoms with E-state index >= 15 is 0 Å². The molecule has 0 aromatic rings. The Morgan fingerprint density at radius 1 is 1.36 bits per heavy atom. The fraction of sp³-hybridized carbons (Fsp3) is 1.00. The molecular weight excluding hydrogens is 172 g/mol. The largest absolute Gasteiger partial charge is 0.179 e. The summed E-state index contributed by atoms with van der Waals surface area (Å²) < 4.78 is 0. The zero-order chi connectivity index (χ0) is 8.53. The van der Waals surface area contributed by atoms with E-state index in [9.17, 15) is 0 Å². The Morgan fingerprint density at radius 3 is 2.64 bits per heavy atom. The summed E-state index contributed by atoms with van der Waals surface area (Å²) in [5.74, 6) is 2.38. The Balaban J connectivity index is 3.02. The van der Waals surface area contributed by atoms with Crippen LogP contribution in [0.3, 0.4) is 0 Å². The quantitative estimate of drug-likeness (QED) is 0.475. The highest BCUT2D eigenvalue weighted by atomic mass is 32.2. The summed E-state index contributed by atoms with van der Waals surface area (Å²) in [5.41, 5.74) is 0. The van der Waals surface area contributed by atoms with Gasteiger partial charge in [0.1, 0.15) is 0 Å². The fourth-order valence-electron chi connectivity index (χ4n) is 0.891. The van der Waals surface area contributed by atoms with Crippen LogP contribution in [-0.4, -0.2) is 16.8 Å². The van der Waals surface area contributed by atoms with Crippen LogP contribution in [0.2, 0.25) is 0 Å². The van der Waals surface area contributed by atoms with E-state index in [1.165, 1.54) is 31.4 Å². The zero-order valence-electron chi connectivity index (χ0n) is 7.68. The molecule has 0 aliphatic heterocycles. The molecule has 0 heterocycles. The Morgan fingerprint density at radius 2 is 2.09 bits per heavy atom. The minimum Gasteiger partial charge on any atom is -0.179 e. The third kappa shape index (κ3) is 8.61. The molecule has 0 fully saturated rings. The molecule has 0 nitrogen and oxygen atoms in total. The summed E-state index contributed by atoms with van der Waals surface area (Å²) in [5, 5.41) is 0.841. The molecule has 11 heavy (non-hydrogen) atoms. The SMILES string of the molecule is CCCCSC(C)CCCS. The smallest absolute Gasteiger partial charge is 0.00190 e. The van der Waals surface area contributed by atoms with Gasteiger partial charge in [0.2, 0.25) is 0 Å². The summed E-state index contributed by atoms with van der Waals surface area (Å²) in [6.07, 6.45) is 5.30. The van der Waals surface area contributed by atoms with Crippen molar-refractivity contribution in [1.82, 2.24) is 0 Å². The van der Waals surface area contributed by atoms with Gasteiger partial charge in [-0.3, -0.25) is 0 Å². The van der Waals surface area contributed by atoms with Gasteiger partial charge in [-0.1, -0.05) is 20.3 Å². The number of hydrogen-bond acceptors (Lipinski definition) is 2. The van der Waals surface area contributed by atoms with Crippen molar-refractivity contribution in [1.29, 1.82) is 0 Å². The molecular formula is C9H20S2. The molecule has 0 aromatic heterocycles. The fourth-order valence-corrected chi connectivity index (χ4v) is 2.26. The van der Waals surface area contributed by atoms with Gasteiger partial charge in [0.05, 0.1) is 0 Å². The lowest BCUT2D eigenvalue weighted by Crippen LogP contribution is -1.97. The molecule has 68 valence electrons. The van der Waals surface area contributed by atoms with Gasteiger partial charge in [-0.2, -0.15) is 24.4 Å². The molecule has 0 amide bonds. The Bertz CT molecular complexity index is 74.0. The van der Waals surface area contributed by atoms with Crippen molar-refractivity contribution in [2.45, 2.75) is 44.8 Å². The summed E-state index contributed by atoms with van der Waals surface area (Å²) >= 11 is 6.30. The monoisotopic (exact) mass is 192 g/mol. The maximum absolute atomic E-state index is 4.20. The number of unbranched alkanes of at least 4 members (excludes halogenated alkanes) is 1. The van der Waals surface area contributed by atoms with Crippen molar-refractivity contribution in [3.05, 3.63) is 0 Å². The van der Waals surface area contributed by atoms with Crippen LogP contribution in [0.5, 0.6) is 0 Å². The minimum absolute atomic E-state index is 0.841. The minimum atomic E-state index is 0.841. The Labute approximate surface area is 80.9 Å². The van der Waals surface area contributed by atoms with Crippen molar-refractivity contribution < 1.29 is 0 Å². The first-order chi connectivity index (χ1) is 5.31. The van der Waals surface area contributed by atoms with E-state index in [-0.39, 0.29) is 0 Å². The third-order valence-electron chi connectivity index (χ3n) is 1.67. The standard InChI is InChI=1S/C9H20S2/c1-3-4-8-11-9(2)6-5-7-10/h9-10H,3-8H2,1-2H3. The van der Waals surface area contributed by atoms with E-state index < -0.39 is 0 Å². The van der Waals surface area contributed by atoms with Crippen LogP contribution in [0.4, 0.5) is 0 Å². The summed E-state index contributed by atoms with van der Waals surface area (Å²) in [6, 6.07) is 0. The molecule has 1 atom stereocenters. The van der Waals surface area contributed by atoms with E-state index in [0.717, 1.165) is 11.0 Å². The van der Waals surface area contributed by atoms with Crippen molar-refractivity contribution in [3.63, 3.8) is 0 Å². The van der Waals surface area contributed by atoms with Crippen molar-refractivity contribution in [3.8, 4) is 0 Å². The van der Waals surface area contributed by atoms with E-state index in [1.807, 2.05) is 0 Å². The topological polar surface area (TPSA) is 0 Å². The lowest BCUT2D eigenvalue weighted by molar-refractivity contribution is 0.791. The first-order valence-electron chi connectivity index (χ1n) is 4.53. The van der Waals surface area contributed by atoms with Crippen LogP contribution in [0.1, 0.15) is 39.5 Å². The van der Waals surface area contributed by atoms with E-state index in [4.69, 9.17) is 0 Å². The van der Waals surface area contributed by atoms with Gasteiger partial charge in [0, 0.05) is 5.25 Å². The van der Waals surface area contributed by atoms with Gasteiger partial charge < -0.3 is 0 Å². The lowest BCUT2D eigenvalue weighted by Gasteiger charge is -2.08. The first-order valence-corrected chi connectivity index (χ1v) is 6.21. The predicted octanol–water partition coefficient (Wildman–Crippen LogP) is 3.62. The normalized spacial score (nSPS) is 13.4. The van der Waals surface area contributed by atoms with Crippen LogP contribution in [0, 0.1) is 0 Å². The Kier molecular flexibility index (Phi) is 9.35. The number of rotatable bonds is 7. The molecule has 2 heteroatoms. The van der Waals surface area contributed by atoms with Gasteiger partial charge in [-0.15, -0.1) is 0 Å². The van der Waals surface area contributed by atoms with E-state index in [1.54, 1.807) is 0 Å². The predicted molar refractivity (Wildman–Crippen MR) is 59.9 cm³/mol. The molecule has 0 aliphatic rings. The average molecular weight is 192 g/mol. The van der Waals surface area contributed by atoms with Gasteiger partial charge >= 0.3 is 0 Å². The average Bonchev–Trinajstić information content (AvgIpc) is 2.01. The van der Waals surface area contributed by atoms with Crippen LogP contribution in [-0.2, 0) is 0 Å². The van der Waals surface area contributed by atoms with Crippen molar-refractivity contribution in [2.75, 3.05) is 11.5 Å². The van der Waals surface area contributed by atoms with Gasteiger partial charge in [-0.25, -0.2) is 0 Å². The highest BCUT2D eigenvalue weighted by molar-refractivity contribution is 7.99. The highest BCUT2D eigenvalue weighted by Crippen LogP contribution is 2.17. The number of hydrogen-bond donors (Lipinski definition) is 1. The van der Waals surface area contributed by atoms with Crippen LogP contribution >= 0.6 is 24.4 Å². The first kappa shape index (κ1) is 11.7. The molecule has 0 spiro atoms. The summed E-state index contributed by atoms with van der Waals surface area (Å²) in [7, 11) is 0. The second kappa shape index (κ2) is 8.79. The van der Waals surface area contributed by atoms with E-state index in [0.29, 0.717) is 0 Å². The highest BCUT2D eigenvalue weighted by Gasteiger charge is 1.99. The second-order valence-electron chi connectivity index (χ2n) is 2.90. The van der Waals surface area contributed by atoms with Crippen LogP contribution in [0.25, 0.3) is 0 Å². The van der Waals surface area contributed by atoms with Crippen molar-refractivity contribution in [2.24, 2.45) is 0 Å². The molecule has 0 N–H and O–H groups in total. The molecule has 0 bridgehead atoms. The summed E-state index contributed by atoms with van der Waals surface area (Å²) in [4.78, 5) is 0. The second-order valence-corrected chi connectivity index (χ2v) is 4.89. The molecule has 0 saturated carbocycles. The van der Waals surface area contributed by atoms with Crippen LogP contribution in [0.15, 0.2) is 0 Å². The Hall–Kier alpha value is 0.700. The van der Waals surface area contributed by atoms with Gasteiger partial charge in [0.25, 0.3) is 0 Å². The van der Waals surface area contributed by atoms with Gasteiger partial charge in [-0.05, 0) is 30.8 Å². The molecule has 0 rings (SSSR count). The number of thioether (sulfide) groups is 1. The maximum atomic E-state index is 4.20. The van der Waals surface area contributed by atoms with Gasteiger partial charge in [0.15, 0.2) is 0 Å². The third-order valence-corrected chi connectivity index (χ3v) is 3.31. The van der Waals surface area contributed by atoms with Crippen molar-refractivity contribution >= 4 is 24.4 Å². The lowest BCUT2D eigenvalue weighted by atomic mass is 10.3. The zero-order valence-corrected chi connectivity index (χ0v) is 9.39. The van der Waals surface area contributed by atoms with E-state index in [2.05, 4.69) is 38.2 Å². The number of thiol groups is 1. The maximum Gasteiger partial charge on any atom is 0.00190 e. The summed E-state index contributed by atoms with van der Waals surface area (Å²) in [6.45, 7) is 4.57. The molecule has 0 radical (unpaired) electrons. The van der Waals surface area contributed by atoms with Crippen LogP contribution < -0.4 is 0 Å².